The standard InChI is InChI=1S/C20H14N4.C13H10.C6H6.Fe.Si/c1-2-14-10-16-5-6-18(23-16)12-20-8-7-19(24-20)11-17-4-3-15(22-17)9-13(1)21-14;1-3-7-12-10(5-1)9-11-6-2-4-8-13(11)12;1-2-4-6-5-3-1;;/h1-12,21-22H;1-8H,9H2;1-6H;;. The Morgan fingerprint density at radius 3 is 1.18 bits per heavy atom. The van der Waals surface area contributed by atoms with E-state index in [4.69, 9.17) is 0 Å². The van der Waals surface area contributed by atoms with Gasteiger partial charge in [0.2, 0.25) is 0 Å². The average molecular weight is 639 g/mol. The van der Waals surface area contributed by atoms with Crippen molar-refractivity contribution in [3.8, 4) is 11.1 Å². The fourth-order valence-corrected chi connectivity index (χ4v) is 5.41. The third-order valence-electron chi connectivity index (χ3n) is 7.41. The predicted molar refractivity (Wildman–Crippen MR) is 186 cm³/mol. The van der Waals surface area contributed by atoms with Crippen LogP contribution in [-0.2, 0) is 23.5 Å². The minimum atomic E-state index is 0. The van der Waals surface area contributed by atoms with Crippen LogP contribution < -0.4 is 0 Å². The van der Waals surface area contributed by atoms with Gasteiger partial charge in [-0.2, -0.15) is 0 Å². The maximum atomic E-state index is 4.62. The molecular weight excluding hydrogens is 608 g/mol. The molecule has 2 N–H and O–H groups in total. The second-order valence-electron chi connectivity index (χ2n) is 10.6. The Balaban J connectivity index is 0.000000160. The number of aromatic amines is 2. The van der Waals surface area contributed by atoms with E-state index in [-0.39, 0.29) is 28.0 Å². The van der Waals surface area contributed by atoms with Gasteiger partial charge in [-0.15, -0.1) is 0 Å². The Bertz CT molecular complexity index is 1970. The number of nitrogens with zero attached hydrogens (tertiary/aromatic N) is 2. The summed E-state index contributed by atoms with van der Waals surface area (Å²) in [5.74, 6) is 0. The maximum Gasteiger partial charge on any atom is 0.0659 e. The maximum absolute atomic E-state index is 4.62. The molecule has 0 spiro atoms. The number of rotatable bonds is 0. The third kappa shape index (κ3) is 7.75. The van der Waals surface area contributed by atoms with E-state index in [1.165, 1.54) is 22.3 Å². The summed E-state index contributed by atoms with van der Waals surface area (Å²) in [5, 5.41) is 0. The number of hydrogen-bond donors (Lipinski definition) is 2. The van der Waals surface area contributed by atoms with Crippen molar-refractivity contribution in [3.05, 3.63) is 167 Å². The van der Waals surface area contributed by atoms with Gasteiger partial charge in [0.15, 0.2) is 0 Å². The monoisotopic (exact) mass is 638 g/mol. The molecule has 9 rings (SSSR count). The molecule has 4 radical (unpaired) electrons. The number of H-pyrrole nitrogens is 2. The van der Waals surface area contributed by atoms with Crippen LogP contribution in [0.2, 0.25) is 0 Å². The van der Waals surface area contributed by atoms with Crippen molar-refractivity contribution in [1.29, 1.82) is 0 Å². The first kappa shape index (κ1) is 31.4. The molecule has 0 amide bonds. The first-order chi connectivity index (χ1) is 21.2. The normalized spacial score (nSPS) is 11.4. The quantitative estimate of drug-likeness (QED) is 0.163. The van der Waals surface area contributed by atoms with Crippen LogP contribution in [0.3, 0.4) is 0 Å². The molecule has 4 nitrogen and oxygen atoms in total. The number of benzene rings is 3. The van der Waals surface area contributed by atoms with Gasteiger partial charge in [-0.05, 0) is 102 Å². The van der Waals surface area contributed by atoms with E-state index in [1.807, 2.05) is 78.9 Å². The molecule has 0 fully saturated rings. The summed E-state index contributed by atoms with van der Waals surface area (Å²) >= 11 is 0. The number of fused-ring (bicyclic) bond motifs is 11. The van der Waals surface area contributed by atoms with E-state index in [2.05, 4.69) is 98.8 Å². The topological polar surface area (TPSA) is 57.4 Å². The van der Waals surface area contributed by atoms with E-state index in [9.17, 15) is 0 Å². The molecule has 6 heteroatoms. The van der Waals surface area contributed by atoms with Gasteiger partial charge in [0, 0.05) is 50.1 Å². The van der Waals surface area contributed by atoms with Crippen molar-refractivity contribution in [3.63, 3.8) is 0 Å². The predicted octanol–water partition coefficient (Wildman–Crippen LogP) is 9.22. The molecule has 8 bridgehead atoms. The fraction of sp³-hybridized carbons (Fsp3) is 0.0256. The summed E-state index contributed by atoms with van der Waals surface area (Å²) < 4.78 is 0. The molecule has 2 aliphatic heterocycles. The van der Waals surface area contributed by atoms with E-state index < -0.39 is 0 Å². The van der Waals surface area contributed by atoms with Crippen LogP contribution in [0, 0.1) is 0 Å². The van der Waals surface area contributed by atoms with Gasteiger partial charge in [-0.1, -0.05) is 84.9 Å². The number of nitrogens with one attached hydrogen (secondary N) is 2. The van der Waals surface area contributed by atoms with Gasteiger partial charge in [-0.3, -0.25) is 0 Å². The summed E-state index contributed by atoms with van der Waals surface area (Å²) in [6, 6.07) is 45.7. The van der Waals surface area contributed by atoms with E-state index in [0.29, 0.717) is 0 Å². The molecule has 0 saturated carbocycles. The van der Waals surface area contributed by atoms with Gasteiger partial charge in [0.1, 0.15) is 0 Å². The molecule has 1 aliphatic carbocycles. The molecule has 3 aromatic heterocycles. The molecule has 0 atom stereocenters. The Hall–Kier alpha value is -5.00. The van der Waals surface area contributed by atoms with Crippen molar-refractivity contribution in [2.24, 2.45) is 0 Å². The fourth-order valence-electron chi connectivity index (χ4n) is 5.41. The molecule has 218 valence electrons. The molecule has 0 saturated heterocycles. The molecule has 45 heavy (non-hydrogen) atoms. The van der Waals surface area contributed by atoms with Crippen LogP contribution in [0.15, 0.2) is 133 Å². The van der Waals surface area contributed by atoms with Crippen molar-refractivity contribution in [2.75, 3.05) is 0 Å². The zero-order valence-corrected chi connectivity index (χ0v) is 26.6. The molecule has 5 heterocycles. The smallest absolute Gasteiger partial charge is 0.0659 e. The van der Waals surface area contributed by atoms with Gasteiger partial charge in [0.05, 0.1) is 22.8 Å². The summed E-state index contributed by atoms with van der Waals surface area (Å²) in [5.41, 5.74) is 13.6. The molecule has 3 aliphatic rings. The zero-order chi connectivity index (χ0) is 28.8. The Morgan fingerprint density at radius 2 is 0.756 bits per heavy atom. The van der Waals surface area contributed by atoms with Crippen LogP contribution >= 0.6 is 0 Å². The first-order valence-electron chi connectivity index (χ1n) is 14.5. The van der Waals surface area contributed by atoms with Crippen molar-refractivity contribution < 1.29 is 17.1 Å². The van der Waals surface area contributed by atoms with Gasteiger partial charge in [0.25, 0.3) is 0 Å². The van der Waals surface area contributed by atoms with Gasteiger partial charge < -0.3 is 9.97 Å². The summed E-state index contributed by atoms with van der Waals surface area (Å²) in [7, 11) is 0. The van der Waals surface area contributed by atoms with Gasteiger partial charge in [-0.25, -0.2) is 9.97 Å². The van der Waals surface area contributed by atoms with Crippen LogP contribution in [0.4, 0.5) is 0 Å². The van der Waals surface area contributed by atoms with Crippen LogP contribution in [0.1, 0.15) is 33.9 Å². The molecule has 0 unspecified atom stereocenters. The van der Waals surface area contributed by atoms with Crippen molar-refractivity contribution >= 4 is 57.3 Å². The van der Waals surface area contributed by atoms with Crippen molar-refractivity contribution in [1.82, 2.24) is 19.9 Å². The second-order valence-corrected chi connectivity index (χ2v) is 10.6. The van der Waals surface area contributed by atoms with E-state index >= 15 is 0 Å². The third-order valence-corrected chi connectivity index (χ3v) is 7.41. The summed E-state index contributed by atoms with van der Waals surface area (Å²) in [4.78, 5) is 16.0. The number of hydrogen-bond acceptors (Lipinski definition) is 2. The Labute approximate surface area is 278 Å². The molecule has 3 aromatic carbocycles. The minimum absolute atomic E-state index is 0. The second kappa shape index (κ2) is 14.6. The average Bonchev–Trinajstić information content (AvgIpc) is 3.88. The zero-order valence-electron chi connectivity index (χ0n) is 24.5. The van der Waals surface area contributed by atoms with E-state index in [0.717, 1.165) is 51.3 Å². The van der Waals surface area contributed by atoms with Crippen LogP contribution in [0.5, 0.6) is 0 Å². The number of aromatic nitrogens is 4. The van der Waals surface area contributed by atoms with Gasteiger partial charge >= 0.3 is 0 Å². The molecular formula is C39H30FeN4Si. The van der Waals surface area contributed by atoms with Crippen molar-refractivity contribution in [2.45, 2.75) is 6.42 Å². The Morgan fingerprint density at radius 1 is 0.400 bits per heavy atom. The summed E-state index contributed by atoms with van der Waals surface area (Å²) in [6.07, 6.45) is 9.15. The summed E-state index contributed by atoms with van der Waals surface area (Å²) in [6.45, 7) is 0. The largest absolute Gasteiger partial charge is 0.355 e. The Kier molecular flexibility index (Phi) is 10.2. The SMILES string of the molecule is C1=Cc2cc3ccc(cc4ccc(cc5nc(cc1n2)C=C5)[nH]4)[nH]3.[Fe].[Si].c1ccc2c(c1)Cc1ccccc1-2.c1ccccc1. The minimum Gasteiger partial charge on any atom is -0.355 e. The van der Waals surface area contributed by atoms with Crippen LogP contribution in [0.25, 0.3) is 57.5 Å². The van der Waals surface area contributed by atoms with E-state index in [1.54, 1.807) is 0 Å². The van der Waals surface area contributed by atoms with Crippen LogP contribution in [-0.4, -0.2) is 30.9 Å². The molecule has 6 aromatic rings. The first-order valence-corrected chi connectivity index (χ1v) is 14.5.